The van der Waals surface area contributed by atoms with Crippen LogP contribution in [0.5, 0.6) is 5.75 Å². The Labute approximate surface area is 204 Å². The first-order chi connectivity index (χ1) is 16.7. The number of nitrogens with one attached hydrogen (secondary N) is 2. The maximum atomic E-state index is 13.0. The summed E-state index contributed by atoms with van der Waals surface area (Å²) in [5.74, 6) is -0.577. The van der Waals surface area contributed by atoms with Crippen LogP contribution in [0.2, 0.25) is 0 Å². The molecule has 1 aliphatic rings. The van der Waals surface area contributed by atoms with E-state index in [0.29, 0.717) is 11.4 Å². The molecule has 180 valence electrons. The summed E-state index contributed by atoms with van der Waals surface area (Å²) >= 11 is 0. The number of urea groups is 1. The van der Waals surface area contributed by atoms with Crippen molar-refractivity contribution < 1.29 is 19.1 Å². The van der Waals surface area contributed by atoms with E-state index in [0.717, 1.165) is 27.5 Å². The first-order valence-electron chi connectivity index (χ1n) is 11.2. The topological polar surface area (TPSA) is 92.7 Å². The smallest absolute Gasteiger partial charge is 0.329 e. The highest BCUT2D eigenvalue weighted by Gasteiger charge is 2.35. The predicted molar refractivity (Wildman–Crippen MR) is 135 cm³/mol. The van der Waals surface area contributed by atoms with Crippen molar-refractivity contribution in [2.45, 2.75) is 27.7 Å². The van der Waals surface area contributed by atoms with E-state index >= 15 is 0 Å². The van der Waals surface area contributed by atoms with Crippen LogP contribution in [0.1, 0.15) is 28.1 Å². The lowest BCUT2D eigenvalue weighted by atomic mass is 10.1. The molecule has 0 radical (unpaired) electrons. The molecule has 2 aromatic carbocycles. The molecule has 1 aliphatic heterocycles. The van der Waals surface area contributed by atoms with Crippen molar-refractivity contribution in [3.05, 3.63) is 82.3 Å². The summed E-state index contributed by atoms with van der Waals surface area (Å²) < 4.78 is 7.36. The van der Waals surface area contributed by atoms with E-state index in [4.69, 9.17) is 4.74 Å². The van der Waals surface area contributed by atoms with Gasteiger partial charge in [0, 0.05) is 17.1 Å². The molecule has 0 unspecified atom stereocenters. The van der Waals surface area contributed by atoms with Crippen LogP contribution >= 0.6 is 0 Å². The van der Waals surface area contributed by atoms with E-state index < -0.39 is 24.4 Å². The van der Waals surface area contributed by atoms with Crippen molar-refractivity contribution in [2.24, 2.45) is 0 Å². The molecule has 2 heterocycles. The number of benzene rings is 2. The molecule has 2 N–H and O–H groups in total. The summed E-state index contributed by atoms with van der Waals surface area (Å²) in [6.07, 6.45) is 1.66. The van der Waals surface area contributed by atoms with Gasteiger partial charge < -0.3 is 19.9 Å². The molecule has 8 nitrogen and oxygen atoms in total. The number of aromatic nitrogens is 1. The van der Waals surface area contributed by atoms with Gasteiger partial charge in [-0.3, -0.25) is 9.59 Å². The Morgan fingerprint density at radius 3 is 2.54 bits per heavy atom. The number of aryl methyl sites for hydroxylation is 2. The number of hydrogen-bond donors (Lipinski definition) is 2. The van der Waals surface area contributed by atoms with Gasteiger partial charge in [0.1, 0.15) is 18.0 Å². The summed E-state index contributed by atoms with van der Waals surface area (Å²) in [6, 6.07) is 14.4. The van der Waals surface area contributed by atoms with Gasteiger partial charge in [0.15, 0.2) is 0 Å². The molecule has 1 saturated heterocycles. The SMILES string of the molecule is COc1ccccc1NC(=O)CN1C(=O)N/C(=C/c2cc(C)n(-c3cccc(C)c3C)c2C)C1=O. The number of para-hydroxylation sites is 2. The van der Waals surface area contributed by atoms with Crippen LogP contribution < -0.4 is 15.4 Å². The summed E-state index contributed by atoms with van der Waals surface area (Å²) in [5.41, 5.74) is 6.78. The number of ether oxygens (including phenoxy) is 1. The average Bonchev–Trinajstić information content (AvgIpc) is 3.25. The Morgan fingerprint density at radius 2 is 1.80 bits per heavy atom. The minimum atomic E-state index is -0.639. The Balaban J connectivity index is 1.55. The first kappa shape index (κ1) is 23.8. The lowest BCUT2D eigenvalue weighted by molar-refractivity contribution is -0.127. The molecule has 0 atom stereocenters. The van der Waals surface area contributed by atoms with Gasteiger partial charge in [0.25, 0.3) is 5.91 Å². The van der Waals surface area contributed by atoms with Crippen molar-refractivity contribution in [1.29, 1.82) is 0 Å². The van der Waals surface area contributed by atoms with Crippen LogP contribution in [0.15, 0.2) is 54.2 Å². The Hall–Kier alpha value is -4.33. The fourth-order valence-electron chi connectivity index (χ4n) is 4.23. The van der Waals surface area contributed by atoms with E-state index in [9.17, 15) is 14.4 Å². The first-order valence-corrected chi connectivity index (χ1v) is 11.2. The van der Waals surface area contributed by atoms with Crippen molar-refractivity contribution in [3.63, 3.8) is 0 Å². The van der Waals surface area contributed by atoms with Crippen LogP contribution in [0, 0.1) is 27.7 Å². The molecule has 35 heavy (non-hydrogen) atoms. The number of rotatable bonds is 6. The van der Waals surface area contributed by atoms with E-state index in [1.165, 1.54) is 18.2 Å². The highest BCUT2D eigenvalue weighted by molar-refractivity contribution is 6.16. The van der Waals surface area contributed by atoms with E-state index in [2.05, 4.69) is 41.2 Å². The molecule has 4 rings (SSSR count). The largest absolute Gasteiger partial charge is 0.495 e. The highest BCUT2D eigenvalue weighted by atomic mass is 16.5. The van der Waals surface area contributed by atoms with Crippen LogP contribution in [0.3, 0.4) is 0 Å². The van der Waals surface area contributed by atoms with Crippen LogP contribution in [-0.4, -0.2) is 41.0 Å². The van der Waals surface area contributed by atoms with Crippen LogP contribution in [0.4, 0.5) is 10.5 Å². The molecule has 8 heteroatoms. The zero-order valence-electron chi connectivity index (χ0n) is 20.4. The van der Waals surface area contributed by atoms with Crippen molar-refractivity contribution in [1.82, 2.24) is 14.8 Å². The van der Waals surface area contributed by atoms with Gasteiger partial charge in [0.2, 0.25) is 5.91 Å². The molecular weight excluding hydrogens is 444 g/mol. The monoisotopic (exact) mass is 472 g/mol. The van der Waals surface area contributed by atoms with Crippen LogP contribution in [0.25, 0.3) is 11.8 Å². The number of carbonyl (C=O) groups excluding carboxylic acids is 3. The molecule has 0 bridgehead atoms. The standard InChI is InChI=1S/C27H28N4O4/c1-16-9-8-11-23(18(16)3)31-17(2)13-20(19(31)4)14-22-26(33)30(27(34)29-22)15-25(32)28-21-10-6-7-12-24(21)35-5/h6-14H,15H2,1-5H3,(H,28,32)(H,29,34)/b22-14+. The zero-order valence-corrected chi connectivity index (χ0v) is 20.4. The van der Waals surface area contributed by atoms with Gasteiger partial charge in [-0.2, -0.15) is 0 Å². The lowest BCUT2D eigenvalue weighted by Gasteiger charge is -2.14. The van der Waals surface area contributed by atoms with Gasteiger partial charge in [-0.15, -0.1) is 0 Å². The second kappa shape index (κ2) is 9.50. The Bertz CT molecular complexity index is 1370. The molecule has 1 aromatic heterocycles. The second-order valence-electron chi connectivity index (χ2n) is 8.51. The van der Waals surface area contributed by atoms with Gasteiger partial charge in [-0.05, 0) is 74.7 Å². The number of imide groups is 1. The van der Waals surface area contributed by atoms with Gasteiger partial charge in [0.05, 0.1) is 12.8 Å². The maximum absolute atomic E-state index is 13.0. The fraction of sp³-hybridized carbons (Fsp3) is 0.222. The van der Waals surface area contributed by atoms with E-state index in [1.807, 2.05) is 26.0 Å². The molecule has 1 fully saturated rings. The normalized spacial score (nSPS) is 14.4. The molecule has 0 spiro atoms. The van der Waals surface area contributed by atoms with Crippen molar-refractivity contribution in [2.75, 3.05) is 19.0 Å². The zero-order chi connectivity index (χ0) is 25.3. The maximum Gasteiger partial charge on any atom is 0.329 e. The van der Waals surface area contributed by atoms with Gasteiger partial charge in [-0.25, -0.2) is 9.69 Å². The highest BCUT2D eigenvalue weighted by Crippen LogP contribution is 2.27. The molecule has 0 aliphatic carbocycles. The minimum absolute atomic E-state index is 0.126. The summed E-state index contributed by atoms with van der Waals surface area (Å²) in [5, 5.41) is 5.28. The Morgan fingerprint density at radius 1 is 1.06 bits per heavy atom. The van der Waals surface area contributed by atoms with E-state index in [-0.39, 0.29) is 5.70 Å². The fourth-order valence-corrected chi connectivity index (χ4v) is 4.23. The third kappa shape index (κ3) is 4.55. The summed E-state index contributed by atoms with van der Waals surface area (Å²) in [7, 11) is 1.50. The predicted octanol–water partition coefficient (Wildman–Crippen LogP) is 4.25. The number of amides is 4. The number of anilines is 1. The second-order valence-corrected chi connectivity index (χ2v) is 8.51. The minimum Gasteiger partial charge on any atom is -0.495 e. The number of hydrogen-bond acceptors (Lipinski definition) is 4. The van der Waals surface area contributed by atoms with Crippen LogP contribution in [-0.2, 0) is 9.59 Å². The number of carbonyl (C=O) groups is 3. The van der Waals surface area contributed by atoms with Gasteiger partial charge >= 0.3 is 6.03 Å². The third-order valence-electron chi connectivity index (χ3n) is 6.23. The number of nitrogens with zero attached hydrogens (tertiary/aromatic N) is 2. The number of methoxy groups -OCH3 is 1. The molecule has 3 aromatic rings. The summed E-state index contributed by atoms with van der Waals surface area (Å²) in [6.45, 7) is 7.71. The molecular formula is C27H28N4O4. The molecule has 0 saturated carbocycles. The summed E-state index contributed by atoms with van der Waals surface area (Å²) in [4.78, 5) is 38.9. The van der Waals surface area contributed by atoms with Crippen molar-refractivity contribution in [3.8, 4) is 11.4 Å². The quantitative estimate of drug-likeness (QED) is 0.414. The average molecular weight is 473 g/mol. The van der Waals surface area contributed by atoms with Crippen molar-refractivity contribution >= 4 is 29.6 Å². The Kier molecular flexibility index (Phi) is 6.46. The van der Waals surface area contributed by atoms with Gasteiger partial charge in [-0.1, -0.05) is 24.3 Å². The molecule has 4 amide bonds. The third-order valence-corrected chi connectivity index (χ3v) is 6.23. The van der Waals surface area contributed by atoms with E-state index in [1.54, 1.807) is 30.3 Å². The lowest BCUT2D eigenvalue weighted by Crippen LogP contribution is -2.38.